The van der Waals surface area contributed by atoms with Gasteiger partial charge in [-0.25, -0.2) is 17.5 Å². The second kappa shape index (κ2) is 8.81. The number of carbonyl (C=O) groups is 2. The summed E-state index contributed by atoms with van der Waals surface area (Å²) >= 11 is 5.96. The molecule has 0 bridgehead atoms. The van der Waals surface area contributed by atoms with Gasteiger partial charge in [-0.15, -0.1) is 0 Å². The normalized spacial score (nSPS) is 17.3. The molecule has 1 aliphatic heterocycles. The third-order valence-corrected chi connectivity index (χ3v) is 5.96. The largest absolute Gasteiger partial charge is 0.452 e. The molecule has 1 N–H and O–H groups in total. The van der Waals surface area contributed by atoms with Crippen LogP contribution in [0.1, 0.15) is 23.2 Å². The third-order valence-electron chi connectivity index (χ3n) is 3.82. The summed E-state index contributed by atoms with van der Waals surface area (Å²) in [6.45, 7) is 0.542. The Labute approximate surface area is 157 Å². The molecular weight excluding hydrogens is 384 g/mol. The van der Waals surface area contributed by atoms with E-state index < -0.39 is 28.5 Å². The molecule has 1 heterocycles. The van der Waals surface area contributed by atoms with Crippen LogP contribution in [0.2, 0.25) is 5.02 Å². The Morgan fingerprint density at radius 2 is 2.12 bits per heavy atom. The van der Waals surface area contributed by atoms with E-state index in [9.17, 15) is 18.0 Å². The van der Waals surface area contributed by atoms with Crippen molar-refractivity contribution in [1.82, 2.24) is 9.62 Å². The maximum Gasteiger partial charge on any atom is 0.340 e. The molecule has 1 atom stereocenters. The molecule has 0 radical (unpaired) electrons. The second-order valence-corrected chi connectivity index (χ2v) is 8.50. The molecule has 1 aromatic rings. The lowest BCUT2D eigenvalue weighted by Gasteiger charge is -2.13. The van der Waals surface area contributed by atoms with Gasteiger partial charge in [0.1, 0.15) is 0 Å². The zero-order valence-electron chi connectivity index (χ0n) is 14.5. The van der Waals surface area contributed by atoms with Crippen LogP contribution in [-0.2, 0) is 24.3 Å². The van der Waals surface area contributed by atoms with E-state index in [1.54, 1.807) is 0 Å². The molecule has 0 saturated carbocycles. The fourth-order valence-electron chi connectivity index (χ4n) is 2.32. The molecule has 0 spiro atoms. The quantitative estimate of drug-likeness (QED) is 0.681. The molecule has 1 aromatic carbocycles. The number of halogens is 1. The zero-order chi connectivity index (χ0) is 19.3. The standard InChI is InChI=1S/C16H21ClN2O6S/c1-19(2)26(22,23)12-5-6-14(17)13(8-12)16(21)25-10-15(20)18-9-11-4-3-7-24-11/h5-6,8,11H,3-4,7,9-10H2,1-2H3,(H,18,20)/t11-/m0/s1. The number of hydrogen-bond acceptors (Lipinski definition) is 6. The van der Waals surface area contributed by atoms with Crippen molar-refractivity contribution in [3.05, 3.63) is 28.8 Å². The van der Waals surface area contributed by atoms with Crippen molar-refractivity contribution >= 4 is 33.5 Å². The molecule has 0 aromatic heterocycles. The Morgan fingerprint density at radius 1 is 1.38 bits per heavy atom. The maximum absolute atomic E-state index is 12.2. The maximum atomic E-state index is 12.2. The highest BCUT2D eigenvalue weighted by Crippen LogP contribution is 2.22. The minimum Gasteiger partial charge on any atom is -0.452 e. The molecule has 2 rings (SSSR count). The van der Waals surface area contributed by atoms with Gasteiger partial charge < -0.3 is 14.8 Å². The minimum absolute atomic E-state index is 0.0167. The molecule has 1 aliphatic rings. The zero-order valence-corrected chi connectivity index (χ0v) is 16.1. The van der Waals surface area contributed by atoms with Gasteiger partial charge in [-0.05, 0) is 31.0 Å². The van der Waals surface area contributed by atoms with Gasteiger partial charge in [-0.1, -0.05) is 11.6 Å². The van der Waals surface area contributed by atoms with Crippen molar-refractivity contribution in [3.63, 3.8) is 0 Å². The van der Waals surface area contributed by atoms with Crippen molar-refractivity contribution in [2.75, 3.05) is 33.9 Å². The second-order valence-electron chi connectivity index (χ2n) is 5.94. The summed E-state index contributed by atoms with van der Waals surface area (Å²) in [5, 5.41) is 2.65. The van der Waals surface area contributed by atoms with Crippen LogP contribution in [0.4, 0.5) is 0 Å². The molecule has 144 valence electrons. The highest BCUT2D eigenvalue weighted by molar-refractivity contribution is 7.89. The number of amides is 1. The summed E-state index contributed by atoms with van der Waals surface area (Å²) in [5.74, 6) is -1.35. The van der Waals surface area contributed by atoms with Crippen molar-refractivity contribution in [3.8, 4) is 0 Å². The molecule has 0 aliphatic carbocycles. The fraction of sp³-hybridized carbons (Fsp3) is 0.500. The van der Waals surface area contributed by atoms with Gasteiger partial charge in [0.05, 0.1) is 21.6 Å². The first kappa shape index (κ1) is 20.6. The summed E-state index contributed by atoms with van der Waals surface area (Å²) in [4.78, 5) is 23.8. The van der Waals surface area contributed by atoms with Gasteiger partial charge >= 0.3 is 5.97 Å². The predicted octanol–water partition coefficient (Wildman–Crippen LogP) is 1.04. The highest BCUT2D eigenvalue weighted by atomic mass is 35.5. The lowest BCUT2D eigenvalue weighted by molar-refractivity contribution is -0.124. The summed E-state index contributed by atoms with van der Waals surface area (Å²) < 4.78 is 35.6. The number of nitrogens with zero attached hydrogens (tertiary/aromatic N) is 1. The van der Waals surface area contributed by atoms with Crippen molar-refractivity contribution in [2.24, 2.45) is 0 Å². The highest BCUT2D eigenvalue weighted by Gasteiger charge is 2.22. The number of sulfonamides is 1. The van der Waals surface area contributed by atoms with Crippen LogP contribution in [0.3, 0.4) is 0 Å². The average molecular weight is 405 g/mol. The van der Waals surface area contributed by atoms with E-state index in [0.29, 0.717) is 13.2 Å². The van der Waals surface area contributed by atoms with Crippen LogP contribution >= 0.6 is 11.6 Å². The monoisotopic (exact) mass is 404 g/mol. The number of carbonyl (C=O) groups excluding carboxylic acids is 2. The molecule has 1 saturated heterocycles. The van der Waals surface area contributed by atoms with Gasteiger partial charge in [-0.3, -0.25) is 4.79 Å². The molecule has 26 heavy (non-hydrogen) atoms. The Hall–Kier alpha value is -1.68. The van der Waals surface area contributed by atoms with E-state index in [1.807, 2.05) is 0 Å². The van der Waals surface area contributed by atoms with E-state index in [2.05, 4.69) is 5.32 Å². The number of esters is 1. The SMILES string of the molecule is CN(C)S(=O)(=O)c1ccc(Cl)c(C(=O)OCC(=O)NC[C@@H]2CCCO2)c1. The van der Waals surface area contributed by atoms with Crippen LogP contribution in [-0.4, -0.2) is 64.6 Å². The number of hydrogen-bond donors (Lipinski definition) is 1. The Morgan fingerprint density at radius 3 is 2.73 bits per heavy atom. The smallest absolute Gasteiger partial charge is 0.340 e. The van der Waals surface area contributed by atoms with Gasteiger partial charge in [0.15, 0.2) is 6.61 Å². The lowest BCUT2D eigenvalue weighted by atomic mass is 10.2. The summed E-state index contributed by atoms with van der Waals surface area (Å²) in [6.07, 6.45) is 1.82. The Kier molecular flexibility index (Phi) is 6.99. The van der Waals surface area contributed by atoms with Crippen LogP contribution in [0.15, 0.2) is 23.1 Å². The van der Waals surface area contributed by atoms with E-state index in [1.165, 1.54) is 26.2 Å². The fourth-order valence-corrected chi connectivity index (χ4v) is 3.45. The summed E-state index contributed by atoms with van der Waals surface area (Å²) in [5.41, 5.74) is -0.124. The predicted molar refractivity (Wildman–Crippen MR) is 94.6 cm³/mol. The molecule has 1 amide bonds. The molecule has 8 nitrogen and oxygen atoms in total. The topological polar surface area (TPSA) is 102 Å². The lowest BCUT2D eigenvalue weighted by Crippen LogP contribution is -2.34. The van der Waals surface area contributed by atoms with Crippen LogP contribution < -0.4 is 5.32 Å². The number of benzene rings is 1. The van der Waals surface area contributed by atoms with E-state index >= 15 is 0 Å². The molecular formula is C16H21ClN2O6S. The minimum atomic E-state index is -3.73. The number of rotatable bonds is 7. The number of nitrogens with one attached hydrogen (secondary N) is 1. The van der Waals surface area contributed by atoms with Crippen molar-refractivity contribution in [2.45, 2.75) is 23.8 Å². The van der Waals surface area contributed by atoms with Crippen LogP contribution in [0.25, 0.3) is 0 Å². The van der Waals surface area contributed by atoms with Gasteiger partial charge in [0, 0.05) is 27.2 Å². The number of ether oxygens (including phenoxy) is 2. The van der Waals surface area contributed by atoms with Crippen LogP contribution in [0, 0.1) is 0 Å². The van der Waals surface area contributed by atoms with Gasteiger partial charge in [-0.2, -0.15) is 0 Å². The Bertz CT molecular complexity index is 775. The van der Waals surface area contributed by atoms with Gasteiger partial charge in [0.2, 0.25) is 10.0 Å². The average Bonchev–Trinajstić information content (AvgIpc) is 3.11. The molecule has 0 unspecified atom stereocenters. The third kappa shape index (κ3) is 5.16. The summed E-state index contributed by atoms with van der Waals surface area (Å²) in [6, 6.07) is 3.72. The van der Waals surface area contributed by atoms with Crippen molar-refractivity contribution < 1.29 is 27.5 Å². The Balaban J connectivity index is 1.97. The molecule has 1 fully saturated rings. The van der Waals surface area contributed by atoms with E-state index in [4.69, 9.17) is 21.1 Å². The van der Waals surface area contributed by atoms with Crippen LogP contribution in [0.5, 0.6) is 0 Å². The van der Waals surface area contributed by atoms with Gasteiger partial charge in [0.25, 0.3) is 5.91 Å². The molecule has 10 heteroatoms. The van der Waals surface area contributed by atoms with E-state index in [-0.39, 0.29) is 21.6 Å². The van der Waals surface area contributed by atoms with Crippen molar-refractivity contribution in [1.29, 1.82) is 0 Å². The first-order chi connectivity index (χ1) is 12.2. The van der Waals surface area contributed by atoms with E-state index in [0.717, 1.165) is 23.2 Å². The first-order valence-corrected chi connectivity index (χ1v) is 9.81. The summed E-state index contributed by atoms with van der Waals surface area (Å²) in [7, 11) is -0.975. The first-order valence-electron chi connectivity index (χ1n) is 7.99.